The predicted molar refractivity (Wildman–Crippen MR) is 81.6 cm³/mol. The minimum Gasteiger partial charge on any atom is -0.360 e. The van der Waals surface area contributed by atoms with Gasteiger partial charge in [0.1, 0.15) is 5.82 Å². The summed E-state index contributed by atoms with van der Waals surface area (Å²) in [5.74, 6) is 1.16. The van der Waals surface area contributed by atoms with Crippen molar-refractivity contribution in [2.75, 3.05) is 31.6 Å². The highest BCUT2D eigenvalue weighted by Gasteiger charge is 2.26. The van der Waals surface area contributed by atoms with Gasteiger partial charge in [0.2, 0.25) is 0 Å². The van der Waals surface area contributed by atoms with Crippen molar-refractivity contribution in [3.63, 3.8) is 0 Å². The molecule has 0 aliphatic carbocycles. The molecule has 1 aliphatic rings. The smallest absolute Gasteiger partial charge is 0.133 e. The molecule has 1 aromatic rings. The van der Waals surface area contributed by atoms with E-state index in [0.717, 1.165) is 12.4 Å². The van der Waals surface area contributed by atoms with Gasteiger partial charge in [0, 0.05) is 31.4 Å². The van der Waals surface area contributed by atoms with Gasteiger partial charge in [-0.3, -0.25) is 4.90 Å². The van der Waals surface area contributed by atoms with Crippen molar-refractivity contribution in [3.05, 3.63) is 23.9 Å². The molecule has 3 heteroatoms. The van der Waals surface area contributed by atoms with E-state index >= 15 is 0 Å². The van der Waals surface area contributed by atoms with E-state index < -0.39 is 0 Å². The van der Waals surface area contributed by atoms with E-state index in [4.69, 9.17) is 0 Å². The summed E-state index contributed by atoms with van der Waals surface area (Å²) in [6.45, 7) is 7.90. The fourth-order valence-electron chi connectivity index (χ4n) is 3.04. The second-order valence-electron chi connectivity index (χ2n) is 5.48. The summed E-state index contributed by atoms with van der Waals surface area (Å²) >= 11 is 0. The first-order valence-electron chi connectivity index (χ1n) is 7.68. The Kier molecular flexibility index (Phi) is 5.20. The monoisotopic (exact) mass is 261 g/mol. The number of anilines is 1. The van der Waals surface area contributed by atoms with Gasteiger partial charge in [-0.25, -0.2) is 4.98 Å². The van der Waals surface area contributed by atoms with Crippen LogP contribution in [0, 0.1) is 0 Å². The Morgan fingerprint density at radius 1 is 1.37 bits per heavy atom. The standard InChI is InChI=1S/C16H27N3/c1-4-12-19-13-7-6-10-15(19)14-9-8-11-17-16(14)18(3)5-2/h8-9,11,15H,4-7,10,12-13H2,1-3H3/t15-/m1/s1. The lowest BCUT2D eigenvalue weighted by Gasteiger charge is -2.37. The lowest BCUT2D eigenvalue weighted by atomic mass is 9.95. The van der Waals surface area contributed by atoms with E-state index in [9.17, 15) is 0 Å². The normalized spacial score (nSPS) is 20.5. The Hall–Kier alpha value is -1.09. The van der Waals surface area contributed by atoms with Gasteiger partial charge in [0.15, 0.2) is 0 Å². The minimum absolute atomic E-state index is 0.561. The molecule has 0 saturated carbocycles. The van der Waals surface area contributed by atoms with Crippen LogP contribution >= 0.6 is 0 Å². The van der Waals surface area contributed by atoms with Gasteiger partial charge in [-0.15, -0.1) is 0 Å². The maximum atomic E-state index is 4.62. The Labute approximate surface area is 117 Å². The number of hydrogen-bond acceptors (Lipinski definition) is 3. The summed E-state index contributed by atoms with van der Waals surface area (Å²) in [5.41, 5.74) is 1.42. The third kappa shape index (κ3) is 3.27. The Morgan fingerprint density at radius 2 is 2.21 bits per heavy atom. The van der Waals surface area contributed by atoms with Crippen molar-refractivity contribution in [2.45, 2.75) is 45.6 Å². The molecule has 2 heterocycles. The zero-order valence-electron chi connectivity index (χ0n) is 12.6. The van der Waals surface area contributed by atoms with Crippen molar-refractivity contribution in [3.8, 4) is 0 Å². The van der Waals surface area contributed by atoms with Crippen molar-refractivity contribution < 1.29 is 0 Å². The van der Waals surface area contributed by atoms with E-state index in [-0.39, 0.29) is 0 Å². The molecule has 1 atom stereocenters. The van der Waals surface area contributed by atoms with E-state index in [1.807, 2.05) is 6.20 Å². The Morgan fingerprint density at radius 3 is 2.95 bits per heavy atom. The molecule has 3 nitrogen and oxygen atoms in total. The molecule has 0 bridgehead atoms. The molecular weight excluding hydrogens is 234 g/mol. The molecule has 1 aliphatic heterocycles. The van der Waals surface area contributed by atoms with Gasteiger partial charge < -0.3 is 4.90 Å². The van der Waals surface area contributed by atoms with Crippen LogP contribution in [0.1, 0.15) is 51.1 Å². The number of hydrogen-bond donors (Lipinski definition) is 0. The number of aromatic nitrogens is 1. The third-order valence-corrected chi connectivity index (χ3v) is 4.14. The molecule has 1 aromatic heterocycles. The molecule has 0 aromatic carbocycles. The highest BCUT2D eigenvalue weighted by atomic mass is 15.2. The minimum atomic E-state index is 0.561. The molecule has 1 saturated heterocycles. The van der Waals surface area contributed by atoms with Crippen molar-refractivity contribution in [1.82, 2.24) is 9.88 Å². The largest absolute Gasteiger partial charge is 0.360 e. The molecule has 0 N–H and O–H groups in total. The fourth-order valence-corrected chi connectivity index (χ4v) is 3.04. The van der Waals surface area contributed by atoms with Gasteiger partial charge in [0.25, 0.3) is 0 Å². The van der Waals surface area contributed by atoms with Crippen LogP contribution in [0.25, 0.3) is 0 Å². The summed E-state index contributed by atoms with van der Waals surface area (Å²) in [4.78, 5) is 9.52. The van der Waals surface area contributed by atoms with Crippen LogP contribution in [-0.4, -0.2) is 36.6 Å². The Balaban J connectivity index is 2.28. The van der Waals surface area contributed by atoms with E-state index in [2.05, 4.69) is 47.8 Å². The van der Waals surface area contributed by atoms with E-state index in [1.165, 1.54) is 44.3 Å². The second kappa shape index (κ2) is 6.90. The first-order chi connectivity index (χ1) is 9.27. The number of nitrogens with zero attached hydrogens (tertiary/aromatic N) is 3. The van der Waals surface area contributed by atoms with Crippen LogP contribution in [0.5, 0.6) is 0 Å². The first kappa shape index (κ1) is 14.3. The summed E-state index contributed by atoms with van der Waals surface area (Å²) < 4.78 is 0. The highest BCUT2D eigenvalue weighted by Crippen LogP contribution is 2.35. The van der Waals surface area contributed by atoms with Crippen LogP contribution in [0.2, 0.25) is 0 Å². The first-order valence-corrected chi connectivity index (χ1v) is 7.68. The summed E-state index contributed by atoms with van der Waals surface area (Å²) in [7, 11) is 2.14. The summed E-state index contributed by atoms with van der Waals surface area (Å²) in [6.07, 6.45) is 7.11. The van der Waals surface area contributed by atoms with Crippen molar-refractivity contribution >= 4 is 5.82 Å². The number of likely N-dealkylation sites (tertiary alicyclic amines) is 1. The number of pyridine rings is 1. The SMILES string of the molecule is CCCN1CCCC[C@@H]1c1cccnc1N(C)CC. The van der Waals surface area contributed by atoms with Gasteiger partial charge in [0.05, 0.1) is 0 Å². The quantitative estimate of drug-likeness (QED) is 0.809. The third-order valence-electron chi connectivity index (χ3n) is 4.14. The highest BCUT2D eigenvalue weighted by molar-refractivity contribution is 5.47. The van der Waals surface area contributed by atoms with Gasteiger partial charge in [-0.1, -0.05) is 19.4 Å². The second-order valence-corrected chi connectivity index (χ2v) is 5.48. The van der Waals surface area contributed by atoms with Crippen LogP contribution in [-0.2, 0) is 0 Å². The average molecular weight is 261 g/mol. The Bertz CT molecular complexity index is 389. The zero-order chi connectivity index (χ0) is 13.7. The molecule has 2 rings (SSSR count). The molecule has 1 fully saturated rings. The molecular formula is C16H27N3. The fraction of sp³-hybridized carbons (Fsp3) is 0.688. The van der Waals surface area contributed by atoms with Crippen LogP contribution < -0.4 is 4.90 Å². The summed E-state index contributed by atoms with van der Waals surface area (Å²) in [6, 6.07) is 4.92. The molecule has 0 radical (unpaired) electrons. The van der Waals surface area contributed by atoms with Gasteiger partial charge in [-0.05, 0) is 45.3 Å². The lowest BCUT2D eigenvalue weighted by molar-refractivity contribution is 0.149. The van der Waals surface area contributed by atoms with E-state index in [0.29, 0.717) is 6.04 Å². The molecule has 106 valence electrons. The molecule has 0 spiro atoms. The number of rotatable bonds is 5. The maximum Gasteiger partial charge on any atom is 0.133 e. The maximum absolute atomic E-state index is 4.62. The topological polar surface area (TPSA) is 19.4 Å². The summed E-state index contributed by atoms with van der Waals surface area (Å²) in [5, 5.41) is 0. The molecule has 0 unspecified atom stereocenters. The molecule has 0 amide bonds. The van der Waals surface area contributed by atoms with Gasteiger partial charge in [-0.2, -0.15) is 0 Å². The lowest BCUT2D eigenvalue weighted by Crippen LogP contribution is -2.35. The zero-order valence-corrected chi connectivity index (χ0v) is 12.6. The number of piperidine rings is 1. The van der Waals surface area contributed by atoms with Crippen LogP contribution in [0.15, 0.2) is 18.3 Å². The average Bonchev–Trinajstić information content (AvgIpc) is 2.47. The van der Waals surface area contributed by atoms with Crippen LogP contribution in [0.3, 0.4) is 0 Å². The predicted octanol–water partition coefficient (Wildman–Crippen LogP) is 3.47. The molecule has 19 heavy (non-hydrogen) atoms. The van der Waals surface area contributed by atoms with Gasteiger partial charge >= 0.3 is 0 Å². The van der Waals surface area contributed by atoms with Crippen molar-refractivity contribution in [2.24, 2.45) is 0 Å². The van der Waals surface area contributed by atoms with Crippen LogP contribution in [0.4, 0.5) is 5.82 Å². The van der Waals surface area contributed by atoms with Crippen molar-refractivity contribution in [1.29, 1.82) is 0 Å². The van der Waals surface area contributed by atoms with E-state index in [1.54, 1.807) is 0 Å².